The van der Waals surface area contributed by atoms with Crippen molar-refractivity contribution in [3.05, 3.63) is 46.0 Å². The van der Waals surface area contributed by atoms with E-state index in [1.807, 2.05) is 36.9 Å². The Morgan fingerprint density at radius 2 is 2.00 bits per heavy atom. The van der Waals surface area contributed by atoms with Gasteiger partial charge < -0.3 is 4.57 Å². The summed E-state index contributed by atoms with van der Waals surface area (Å²) in [6.45, 7) is 4.82. The maximum atomic E-state index is 6.06. The largest absolute Gasteiger partial charge is 0.322 e. The molecule has 0 radical (unpaired) electrons. The number of hydrogen-bond acceptors (Lipinski definition) is 2. The Labute approximate surface area is 133 Å². The van der Waals surface area contributed by atoms with Crippen LogP contribution in [0.3, 0.4) is 0 Å². The minimum absolute atomic E-state index is 0.366. The molecule has 3 aromatic rings. The highest BCUT2D eigenvalue weighted by molar-refractivity contribution is 6.31. The molecule has 1 aromatic carbocycles. The minimum Gasteiger partial charge on any atom is -0.322 e. The summed E-state index contributed by atoms with van der Waals surface area (Å²) in [6.07, 6.45) is 0. The second-order valence-electron chi connectivity index (χ2n) is 5.15. The van der Waals surface area contributed by atoms with E-state index in [4.69, 9.17) is 23.2 Å². The fraction of sp³-hybridized carbons (Fsp3) is 0.333. The second kappa shape index (κ2) is 5.35. The Bertz CT molecular complexity index is 817. The number of halogens is 2. The number of aryl methyl sites for hydroxylation is 2. The van der Waals surface area contributed by atoms with Gasteiger partial charge in [-0.3, -0.25) is 4.68 Å². The first-order valence-corrected chi connectivity index (χ1v) is 7.62. The molecule has 0 N–H and O–H groups in total. The first kappa shape index (κ1) is 14.4. The molecule has 0 atom stereocenters. The molecule has 21 heavy (non-hydrogen) atoms. The zero-order valence-electron chi connectivity index (χ0n) is 12.2. The summed E-state index contributed by atoms with van der Waals surface area (Å²) in [4.78, 5) is 4.57. The van der Waals surface area contributed by atoms with Gasteiger partial charge in [-0.05, 0) is 32.0 Å². The van der Waals surface area contributed by atoms with E-state index in [9.17, 15) is 0 Å². The van der Waals surface area contributed by atoms with Crippen molar-refractivity contribution in [2.45, 2.75) is 26.3 Å². The number of imidazole rings is 1. The quantitative estimate of drug-likeness (QED) is 0.687. The fourth-order valence-electron chi connectivity index (χ4n) is 2.64. The van der Waals surface area contributed by atoms with E-state index >= 15 is 0 Å². The van der Waals surface area contributed by atoms with Gasteiger partial charge in [0, 0.05) is 23.3 Å². The van der Waals surface area contributed by atoms with Crippen molar-refractivity contribution in [2.24, 2.45) is 7.05 Å². The second-order valence-corrected chi connectivity index (χ2v) is 5.86. The number of fused-ring (bicyclic) bond motifs is 1. The van der Waals surface area contributed by atoms with E-state index < -0.39 is 0 Å². The van der Waals surface area contributed by atoms with Crippen molar-refractivity contribution in [2.75, 3.05) is 0 Å². The van der Waals surface area contributed by atoms with Crippen LogP contribution in [0.2, 0.25) is 5.02 Å². The summed E-state index contributed by atoms with van der Waals surface area (Å²) in [6, 6.07) is 5.73. The van der Waals surface area contributed by atoms with E-state index in [1.165, 1.54) is 5.56 Å². The van der Waals surface area contributed by atoms with Crippen molar-refractivity contribution in [1.29, 1.82) is 0 Å². The molecule has 2 aromatic heterocycles. The Morgan fingerprint density at radius 3 is 2.62 bits per heavy atom. The van der Waals surface area contributed by atoms with Gasteiger partial charge in [0.1, 0.15) is 5.82 Å². The summed E-state index contributed by atoms with van der Waals surface area (Å²) < 4.78 is 4.04. The molecule has 2 heterocycles. The molecule has 110 valence electrons. The van der Waals surface area contributed by atoms with Gasteiger partial charge in [-0.15, -0.1) is 11.6 Å². The van der Waals surface area contributed by atoms with Gasteiger partial charge in [0.05, 0.1) is 29.2 Å². The monoisotopic (exact) mass is 322 g/mol. The molecule has 0 aliphatic rings. The molecule has 3 rings (SSSR count). The molecular weight excluding hydrogens is 307 g/mol. The van der Waals surface area contributed by atoms with Crippen LogP contribution in [0.15, 0.2) is 18.2 Å². The van der Waals surface area contributed by atoms with E-state index in [1.54, 1.807) is 0 Å². The molecule has 0 saturated heterocycles. The topological polar surface area (TPSA) is 35.6 Å². The predicted octanol–water partition coefficient (Wildman–Crippen LogP) is 3.83. The summed E-state index contributed by atoms with van der Waals surface area (Å²) in [5.74, 6) is 1.21. The summed E-state index contributed by atoms with van der Waals surface area (Å²) in [5, 5.41) is 5.15. The molecule has 0 bridgehead atoms. The highest BCUT2D eigenvalue weighted by atomic mass is 35.5. The van der Waals surface area contributed by atoms with Gasteiger partial charge in [-0.25, -0.2) is 4.98 Å². The SMILES string of the molecule is Cc1nn(C)c(C)c1Cn1c(CCl)nc2cc(Cl)ccc21. The van der Waals surface area contributed by atoms with Crippen molar-refractivity contribution < 1.29 is 0 Å². The third-order valence-corrected chi connectivity index (χ3v) is 4.36. The van der Waals surface area contributed by atoms with Gasteiger partial charge in [0.2, 0.25) is 0 Å². The van der Waals surface area contributed by atoms with Gasteiger partial charge in [-0.2, -0.15) is 5.10 Å². The smallest absolute Gasteiger partial charge is 0.125 e. The molecule has 0 saturated carbocycles. The van der Waals surface area contributed by atoms with Crippen LogP contribution < -0.4 is 0 Å². The number of benzene rings is 1. The Kier molecular flexibility index (Phi) is 3.68. The molecule has 0 aliphatic carbocycles. The first-order valence-electron chi connectivity index (χ1n) is 6.71. The number of rotatable bonds is 3. The number of aromatic nitrogens is 4. The van der Waals surface area contributed by atoms with E-state index in [2.05, 4.69) is 21.6 Å². The number of nitrogens with zero attached hydrogens (tertiary/aromatic N) is 4. The van der Waals surface area contributed by atoms with Crippen molar-refractivity contribution in [1.82, 2.24) is 19.3 Å². The third kappa shape index (κ3) is 2.43. The summed E-state index contributed by atoms with van der Waals surface area (Å²) in [7, 11) is 1.96. The van der Waals surface area contributed by atoms with Crippen LogP contribution in [-0.2, 0) is 19.5 Å². The molecule has 0 unspecified atom stereocenters. The third-order valence-electron chi connectivity index (χ3n) is 3.88. The summed E-state index contributed by atoms with van der Waals surface area (Å²) in [5.41, 5.74) is 5.31. The Balaban J connectivity index is 2.15. The lowest BCUT2D eigenvalue weighted by atomic mass is 10.2. The van der Waals surface area contributed by atoms with Gasteiger partial charge in [-0.1, -0.05) is 11.6 Å². The average Bonchev–Trinajstić information content (AvgIpc) is 2.91. The van der Waals surface area contributed by atoms with E-state index in [-0.39, 0.29) is 0 Å². The fourth-order valence-corrected chi connectivity index (χ4v) is 3.01. The zero-order valence-corrected chi connectivity index (χ0v) is 13.7. The standard InChI is InChI=1S/C15H16Cl2N4/c1-9-12(10(2)20(3)19-9)8-21-14-5-4-11(17)6-13(14)18-15(21)7-16/h4-6H,7-8H2,1-3H3. The normalized spacial score (nSPS) is 11.5. The lowest BCUT2D eigenvalue weighted by molar-refractivity contribution is 0.725. The minimum atomic E-state index is 0.366. The number of alkyl halides is 1. The highest BCUT2D eigenvalue weighted by Crippen LogP contribution is 2.24. The van der Waals surface area contributed by atoms with Crippen molar-refractivity contribution >= 4 is 34.2 Å². The van der Waals surface area contributed by atoms with Crippen LogP contribution in [0.5, 0.6) is 0 Å². The van der Waals surface area contributed by atoms with E-state index in [0.717, 1.165) is 28.2 Å². The van der Waals surface area contributed by atoms with Crippen LogP contribution in [0.4, 0.5) is 0 Å². The Morgan fingerprint density at radius 1 is 1.24 bits per heavy atom. The Hall–Kier alpha value is -1.52. The van der Waals surface area contributed by atoms with Crippen LogP contribution >= 0.6 is 23.2 Å². The van der Waals surface area contributed by atoms with E-state index in [0.29, 0.717) is 17.4 Å². The van der Waals surface area contributed by atoms with Crippen LogP contribution in [0.25, 0.3) is 11.0 Å². The van der Waals surface area contributed by atoms with Crippen molar-refractivity contribution in [3.63, 3.8) is 0 Å². The molecule has 0 aliphatic heterocycles. The summed E-state index contributed by atoms with van der Waals surface area (Å²) >= 11 is 12.1. The molecule has 4 nitrogen and oxygen atoms in total. The maximum Gasteiger partial charge on any atom is 0.125 e. The molecule has 6 heteroatoms. The maximum absolute atomic E-state index is 6.06. The van der Waals surface area contributed by atoms with Crippen LogP contribution in [-0.4, -0.2) is 19.3 Å². The predicted molar refractivity (Wildman–Crippen MR) is 86.1 cm³/mol. The number of hydrogen-bond donors (Lipinski definition) is 0. The highest BCUT2D eigenvalue weighted by Gasteiger charge is 2.15. The van der Waals surface area contributed by atoms with Crippen molar-refractivity contribution in [3.8, 4) is 0 Å². The molecular formula is C15H16Cl2N4. The van der Waals surface area contributed by atoms with Gasteiger partial charge in [0.25, 0.3) is 0 Å². The lowest BCUT2D eigenvalue weighted by Gasteiger charge is -2.08. The molecule has 0 spiro atoms. The van der Waals surface area contributed by atoms with Gasteiger partial charge in [0.15, 0.2) is 0 Å². The van der Waals surface area contributed by atoms with Crippen LogP contribution in [0.1, 0.15) is 22.8 Å². The molecule has 0 amide bonds. The average molecular weight is 323 g/mol. The molecule has 0 fully saturated rings. The van der Waals surface area contributed by atoms with Crippen LogP contribution in [0, 0.1) is 13.8 Å². The zero-order chi connectivity index (χ0) is 15.1. The first-order chi connectivity index (χ1) is 10.0. The van der Waals surface area contributed by atoms with Gasteiger partial charge >= 0.3 is 0 Å². The lowest BCUT2D eigenvalue weighted by Crippen LogP contribution is -2.06.